The van der Waals surface area contributed by atoms with Crippen LogP contribution in [0.1, 0.15) is 60.3 Å². The molecule has 1 aliphatic rings. The predicted molar refractivity (Wildman–Crippen MR) is 70.7 cm³/mol. The topological polar surface area (TPSA) is 26.3 Å². The lowest BCUT2D eigenvalue weighted by Gasteiger charge is -2.36. The minimum atomic E-state index is -0.00949. The van der Waals surface area contributed by atoms with E-state index >= 15 is 0 Å². The van der Waals surface area contributed by atoms with Crippen LogP contribution in [-0.2, 0) is 9.53 Å². The lowest BCUT2D eigenvalue weighted by atomic mass is 9.75. The summed E-state index contributed by atoms with van der Waals surface area (Å²) < 4.78 is 5.71. The van der Waals surface area contributed by atoms with Crippen molar-refractivity contribution in [3.63, 3.8) is 0 Å². The monoisotopic (exact) mass is 240 g/mol. The number of carbonyl (C=O) groups excluding carboxylic acids is 1. The van der Waals surface area contributed by atoms with Crippen molar-refractivity contribution in [2.45, 2.75) is 66.4 Å². The maximum absolute atomic E-state index is 11.8. The van der Waals surface area contributed by atoms with Crippen LogP contribution in [0.4, 0.5) is 0 Å². The first kappa shape index (κ1) is 14.5. The molecule has 0 aliphatic heterocycles. The highest BCUT2D eigenvalue weighted by atomic mass is 16.5. The average molecular weight is 240 g/mol. The Bertz CT molecular complexity index is 245. The van der Waals surface area contributed by atoms with Gasteiger partial charge in [0.1, 0.15) is 6.10 Å². The Hall–Kier alpha value is -0.530. The molecular weight excluding hydrogens is 212 g/mol. The molecule has 3 atom stereocenters. The van der Waals surface area contributed by atoms with E-state index < -0.39 is 0 Å². The second-order valence-electron chi connectivity index (χ2n) is 6.45. The number of ether oxygens (including phenoxy) is 1. The van der Waals surface area contributed by atoms with Gasteiger partial charge in [0, 0.05) is 6.42 Å². The molecule has 2 unspecified atom stereocenters. The third-order valence-electron chi connectivity index (χ3n) is 3.82. The lowest BCUT2D eigenvalue weighted by molar-refractivity contribution is -0.156. The average Bonchev–Trinajstić information content (AvgIpc) is 2.15. The van der Waals surface area contributed by atoms with Gasteiger partial charge in [0.2, 0.25) is 0 Å². The lowest BCUT2D eigenvalue weighted by Crippen LogP contribution is -2.36. The van der Waals surface area contributed by atoms with Gasteiger partial charge in [-0.25, -0.2) is 0 Å². The molecule has 0 aromatic carbocycles. The Morgan fingerprint density at radius 2 is 1.88 bits per heavy atom. The van der Waals surface area contributed by atoms with Crippen LogP contribution in [0.3, 0.4) is 0 Å². The first-order valence-corrected chi connectivity index (χ1v) is 7.09. The highest BCUT2D eigenvalue weighted by molar-refractivity contribution is 5.69. The van der Waals surface area contributed by atoms with Gasteiger partial charge in [-0.3, -0.25) is 4.79 Å². The molecule has 1 fully saturated rings. The third-order valence-corrected chi connectivity index (χ3v) is 3.82. The molecule has 2 nitrogen and oxygen atoms in total. The van der Waals surface area contributed by atoms with E-state index in [2.05, 4.69) is 34.6 Å². The normalized spacial score (nSPS) is 29.7. The van der Waals surface area contributed by atoms with Gasteiger partial charge in [-0.2, -0.15) is 0 Å². The quantitative estimate of drug-likeness (QED) is 0.693. The minimum Gasteiger partial charge on any atom is -0.462 e. The molecule has 0 aromatic rings. The largest absolute Gasteiger partial charge is 0.462 e. The van der Waals surface area contributed by atoms with Crippen molar-refractivity contribution in [3.05, 3.63) is 0 Å². The third kappa shape index (κ3) is 4.69. The zero-order valence-electron chi connectivity index (χ0n) is 12.0. The first-order chi connectivity index (χ1) is 7.90. The summed E-state index contributed by atoms with van der Waals surface area (Å²) in [4.78, 5) is 11.8. The highest BCUT2D eigenvalue weighted by Crippen LogP contribution is 2.35. The van der Waals surface area contributed by atoms with Crippen LogP contribution >= 0.6 is 0 Å². The Kier molecular flexibility index (Phi) is 5.48. The molecule has 0 bridgehead atoms. The molecule has 17 heavy (non-hydrogen) atoms. The fourth-order valence-electron chi connectivity index (χ4n) is 2.80. The van der Waals surface area contributed by atoms with E-state index in [-0.39, 0.29) is 12.1 Å². The van der Waals surface area contributed by atoms with Gasteiger partial charge >= 0.3 is 5.97 Å². The summed E-state index contributed by atoms with van der Waals surface area (Å²) in [6.07, 6.45) is 4.24. The van der Waals surface area contributed by atoms with E-state index in [9.17, 15) is 4.79 Å². The molecule has 0 spiro atoms. The predicted octanol–water partition coefficient (Wildman–Crippen LogP) is 4.04. The van der Waals surface area contributed by atoms with Crippen LogP contribution in [0.15, 0.2) is 0 Å². The van der Waals surface area contributed by atoms with E-state index in [0.717, 1.165) is 6.42 Å². The second-order valence-corrected chi connectivity index (χ2v) is 6.45. The summed E-state index contributed by atoms with van der Waals surface area (Å²) in [6, 6.07) is 0. The van der Waals surface area contributed by atoms with Crippen molar-refractivity contribution in [3.8, 4) is 0 Å². The molecule has 1 aliphatic carbocycles. The van der Waals surface area contributed by atoms with E-state index in [0.29, 0.717) is 30.1 Å². The van der Waals surface area contributed by atoms with Crippen LogP contribution in [0.2, 0.25) is 0 Å². The Labute approximate surface area is 106 Å². The minimum absolute atomic E-state index is 0.00949. The molecule has 0 heterocycles. The van der Waals surface area contributed by atoms with Crippen LogP contribution < -0.4 is 0 Å². The molecule has 0 amide bonds. The van der Waals surface area contributed by atoms with E-state index in [1.54, 1.807) is 0 Å². The summed E-state index contributed by atoms with van der Waals surface area (Å²) in [6.45, 7) is 10.9. The standard InChI is InChI=1S/C15H28O2/c1-10(2)8-15(16)17-14-9-12(5)6-7-13(14)11(3)4/h10-14H,6-9H2,1-5H3/t12-,13?,14?/m1/s1. The molecule has 100 valence electrons. The summed E-state index contributed by atoms with van der Waals surface area (Å²) in [7, 11) is 0. The van der Waals surface area contributed by atoms with Gasteiger partial charge < -0.3 is 4.74 Å². The Morgan fingerprint density at radius 3 is 2.41 bits per heavy atom. The zero-order valence-corrected chi connectivity index (χ0v) is 12.0. The molecular formula is C15H28O2. The fourth-order valence-corrected chi connectivity index (χ4v) is 2.80. The number of hydrogen-bond acceptors (Lipinski definition) is 2. The van der Waals surface area contributed by atoms with Crippen LogP contribution in [0, 0.1) is 23.7 Å². The second kappa shape index (κ2) is 6.42. The first-order valence-electron chi connectivity index (χ1n) is 7.09. The van der Waals surface area contributed by atoms with Crippen molar-refractivity contribution in [1.29, 1.82) is 0 Å². The van der Waals surface area contributed by atoms with Gasteiger partial charge in [0.05, 0.1) is 0 Å². The van der Waals surface area contributed by atoms with Gasteiger partial charge in [-0.1, -0.05) is 41.0 Å². The van der Waals surface area contributed by atoms with Crippen molar-refractivity contribution in [2.75, 3.05) is 0 Å². The van der Waals surface area contributed by atoms with Crippen molar-refractivity contribution >= 4 is 5.97 Å². The van der Waals surface area contributed by atoms with E-state index in [1.807, 2.05) is 0 Å². The summed E-state index contributed by atoms with van der Waals surface area (Å²) >= 11 is 0. The van der Waals surface area contributed by atoms with Gasteiger partial charge in [-0.15, -0.1) is 0 Å². The van der Waals surface area contributed by atoms with Crippen molar-refractivity contribution in [2.24, 2.45) is 23.7 Å². The van der Waals surface area contributed by atoms with Crippen LogP contribution in [0.5, 0.6) is 0 Å². The molecule has 0 radical (unpaired) electrons. The Balaban J connectivity index is 2.54. The number of rotatable bonds is 4. The summed E-state index contributed by atoms with van der Waals surface area (Å²) in [5, 5.41) is 0. The van der Waals surface area contributed by atoms with E-state index in [1.165, 1.54) is 12.8 Å². The molecule has 1 saturated carbocycles. The molecule has 0 saturated heterocycles. The SMILES string of the molecule is CC(C)CC(=O)OC1C[C@H](C)CCC1C(C)C. The zero-order chi connectivity index (χ0) is 13.0. The van der Waals surface area contributed by atoms with Gasteiger partial charge in [0.15, 0.2) is 0 Å². The van der Waals surface area contributed by atoms with Crippen LogP contribution in [-0.4, -0.2) is 12.1 Å². The van der Waals surface area contributed by atoms with Gasteiger partial charge in [-0.05, 0) is 36.5 Å². The molecule has 1 rings (SSSR count). The van der Waals surface area contributed by atoms with Crippen molar-refractivity contribution < 1.29 is 9.53 Å². The summed E-state index contributed by atoms with van der Waals surface area (Å²) in [5.74, 6) is 2.24. The van der Waals surface area contributed by atoms with Crippen molar-refractivity contribution in [1.82, 2.24) is 0 Å². The fraction of sp³-hybridized carbons (Fsp3) is 0.933. The summed E-state index contributed by atoms with van der Waals surface area (Å²) in [5.41, 5.74) is 0. The van der Waals surface area contributed by atoms with Gasteiger partial charge in [0.25, 0.3) is 0 Å². The maximum Gasteiger partial charge on any atom is 0.306 e. The maximum atomic E-state index is 11.8. The molecule has 2 heteroatoms. The highest BCUT2D eigenvalue weighted by Gasteiger charge is 2.33. The molecule has 0 aromatic heterocycles. The van der Waals surface area contributed by atoms with E-state index in [4.69, 9.17) is 4.74 Å². The smallest absolute Gasteiger partial charge is 0.306 e. The number of carbonyl (C=O) groups is 1. The Morgan fingerprint density at radius 1 is 1.24 bits per heavy atom. The number of hydrogen-bond donors (Lipinski definition) is 0. The molecule has 0 N–H and O–H groups in total. The van der Waals surface area contributed by atoms with Crippen LogP contribution in [0.25, 0.3) is 0 Å². The number of esters is 1.